The van der Waals surface area contributed by atoms with E-state index in [1.807, 2.05) is 0 Å². The molecule has 3 aliphatic rings. The molecule has 0 aromatic rings. The number of allylic oxidation sites excluding steroid dienone is 6. The van der Waals surface area contributed by atoms with Crippen LogP contribution in [-0.4, -0.2) is 0 Å². The van der Waals surface area contributed by atoms with Crippen LogP contribution in [0.4, 0.5) is 0 Å². The zero-order chi connectivity index (χ0) is 8.13. The Balaban J connectivity index is 2.12. The Hall–Kier alpha value is -1.29. The number of hydrogen-bond acceptors (Lipinski definition) is 1. The van der Waals surface area contributed by atoms with E-state index < -0.39 is 0 Å². The molecule has 0 fully saturated rings. The molecule has 0 spiro atoms. The summed E-state index contributed by atoms with van der Waals surface area (Å²) in [7, 11) is 0. The lowest BCUT2D eigenvalue weighted by molar-refractivity contribution is 0.415. The van der Waals surface area contributed by atoms with Crippen LogP contribution in [0.25, 0.3) is 0 Å². The van der Waals surface area contributed by atoms with Gasteiger partial charge in [-0.05, 0) is 11.8 Å². The third-order valence-electron chi connectivity index (χ3n) is 3.26. The smallest absolute Gasteiger partial charge is 0.0950 e. The number of rotatable bonds is 0. The van der Waals surface area contributed by atoms with Crippen molar-refractivity contribution in [3.63, 3.8) is 0 Å². The van der Waals surface area contributed by atoms with Crippen molar-refractivity contribution >= 4 is 0 Å². The summed E-state index contributed by atoms with van der Waals surface area (Å²) in [5, 5.41) is 8.86. The molecule has 0 aromatic carbocycles. The Morgan fingerprint density at radius 1 is 1.08 bits per heavy atom. The quantitative estimate of drug-likeness (QED) is 0.491. The highest BCUT2D eigenvalue weighted by molar-refractivity contribution is 5.43. The SMILES string of the molecule is N#CC1=C[C@H]2C=C[C@H]3C=C[C@@H]1[C@H]32. The molecular weight excluding hydrogens is 146 g/mol. The predicted octanol–water partition coefficient (Wildman–Crippen LogP) is 2.05. The molecule has 0 saturated carbocycles. The molecule has 0 N–H and O–H groups in total. The van der Waals surface area contributed by atoms with Crippen LogP contribution in [0, 0.1) is 35.0 Å². The van der Waals surface area contributed by atoms with E-state index in [1.54, 1.807) is 0 Å². The van der Waals surface area contributed by atoms with E-state index in [-0.39, 0.29) is 0 Å². The second-order valence-corrected chi connectivity index (χ2v) is 3.76. The van der Waals surface area contributed by atoms with Gasteiger partial charge in [-0.2, -0.15) is 5.26 Å². The molecule has 0 radical (unpaired) electrons. The molecule has 1 nitrogen and oxygen atoms in total. The van der Waals surface area contributed by atoms with Crippen molar-refractivity contribution in [3.8, 4) is 6.07 Å². The van der Waals surface area contributed by atoms with Gasteiger partial charge in [-0.15, -0.1) is 0 Å². The Labute approximate surface area is 71.7 Å². The fourth-order valence-electron chi connectivity index (χ4n) is 2.73. The van der Waals surface area contributed by atoms with Crippen molar-refractivity contribution in [1.29, 1.82) is 5.26 Å². The average Bonchev–Trinajstić information content (AvgIpc) is 2.72. The van der Waals surface area contributed by atoms with Gasteiger partial charge in [0, 0.05) is 17.4 Å². The Morgan fingerprint density at radius 2 is 1.83 bits per heavy atom. The fourth-order valence-corrected chi connectivity index (χ4v) is 2.73. The minimum Gasteiger partial charge on any atom is -0.193 e. The van der Waals surface area contributed by atoms with Crippen LogP contribution in [-0.2, 0) is 0 Å². The third-order valence-corrected chi connectivity index (χ3v) is 3.26. The van der Waals surface area contributed by atoms with Crippen molar-refractivity contribution in [1.82, 2.24) is 0 Å². The molecule has 1 heteroatoms. The Bertz CT molecular complexity index is 354. The van der Waals surface area contributed by atoms with Crippen molar-refractivity contribution in [2.45, 2.75) is 0 Å². The average molecular weight is 155 g/mol. The van der Waals surface area contributed by atoms with Gasteiger partial charge in [0.25, 0.3) is 0 Å². The predicted molar refractivity (Wildman–Crippen MR) is 45.9 cm³/mol. The standard InChI is InChI=1S/C11H9N/c12-6-9-5-8-2-1-7-3-4-10(9)11(7)8/h1-5,7-8,10-11H/t7-,8+,10-,11+/m0/s1. The van der Waals surface area contributed by atoms with Gasteiger partial charge in [0.1, 0.15) is 0 Å². The first-order valence-corrected chi connectivity index (χ1v) is 4.38. The molecule has 0 aromatic heterocycles. The Morgan fingerprint density at radius 3 is 2.67 bits per heavy atom. The summed E-state index contributed by atoms with van der Waals surface area (Å²) < 4.78 is 0. The highest BCUT2D eigenvalue weighted by Crippen LogP contribution is 2.50. The van der Waals surface area contributed by atoms with Gasteiger partial charge in [0.2, 0.25) is 0 Å². The zero-order valence-electron chi connectivity index (χ0n) is 6.64. The lowest BCUT2D eigenvalue weighted by Gasteiger charge is -2.14. The minimum absolute atomic E-state index is 0.431. The molecule has 0 amide bonds. The molecule has 4 atom stereocenters. The highest BCUT2D eigenvalue weighted by atomic mass is 14.5. The summed E-state index contributed by atoms with van der Waals surface area (Å²) in [6.07, 6.45) is 11.1. The first-order chi connectivity index (χ1) is 5.90. The molecule has 0 saturated heterocycles. The molecular formula is C11H9N. The molecule has 58 valence electrons. The van der Waals surface area contributed by atoms with Gasteiger partial charge in [-0.25, -0.2) is 0 Å². The number of hydrogen-bond donors (Lipinski definition) is 0. The van der Waals surface area contributed by atoms with Crippen molar-refractivity contribution in [2.24, 2.45) is 23.7 Å². The zero-order valence-corrected chi connectivity index (χ0v) is 6.64. The van der Waals surface area contributed by atoms with Crippen LogP contribution in [0.15, 0.2) is 36.0 Å². The summed E-state index contributed by atoms with van der Waals surface area (Å²) in [4.78, 5) is 0. The van der Waals surface area contributed by atoms with Crippen LogP contribution < -0.4 is 0 Å². The fraction of sp³-hybridized carbons (Fsp3) is 0.364. The monoisotopic (exact) mass is 155 g/mol. The van der Waals surface area contributed by atoms with E-state index >= 15 is 0 Å². The molecule has 12 heavy (non-hydrogen) atoms. The van der Waals surface area contributed by atoms with Gasteiger partial charge in [0.05, 0.1) is 6.07 Å². The number of nitriles is 1. The molecule has 0 unspecified atom stereocenters. The lowest BCUT2D eigenvalue weighted by atomic mass is 9.87. The second kappa shape index (κ2) is 1.90. The summed E-state index contributed by atoms with van der Waals surface area (Å²) in [5.74, 6) is 2.26. The maximum atomic E-state index is 8.86. The van der Waals surface area contributed by atoms with E-state index in [1.165, 1.54) is 0 Å². The van der Waals surface area contributed by atoms with Gasteiger partial charge in [-0.1, -0.05) is 30.4 Å². The Kier molecular flexibility index (Phi) is 0.988. The summed E-state index contributed by atoms with van der Waals surface area (Å²) in [6.45, 7) is 0. The van der Waals surface area contributed by atoms with Crippen molar-refractivity contribution in [2.75, 3.05) is 0 Å². The van der Waals surface area contributed by atoms with E-state index in [4.69, 9.17) is 5.26 Å². The largest absolute Gasteiger partial charge is 0.193 e. The summed E-state index contributed by atoms with van der Waals surface area (Å²) >= 11 is 0. The van der Waals surface area contributed by atoms with Gasteiger partial charge in [0.15, 0.2) is 0 Å². The van der Waals surface area contributed by atoms with Crippen LogP contribution in [0.1, 0.15) is 0 Å². The topological polar surface area (TPSA) is 23.8 Å². The maximum absolute atomic E-state index is 8.86. The first kappa shape index (κ1) is 6.25. The molecule has 0 aliphatic heterocycles. The molecule has 3 rings (SSSR count). The normalized spacial score (nSPS) is 46.1. The number of nitrogens with zero attached hydrogens (tertiary/aromatic N) is 1. The summed E-state index contributed by atoms with van der Waals surface area (Å²) in [6, 6.07) is 2.30. The van der Waals surface area contributed by atoms with Crippen LogP contribution in [0.3, 0.4) is 0 Å². The molecule has 0 bridgehead atoms. The minimum atomic E-state index is 0.431. The maximum Gasteiger partial charge on any atom is 0.0950 e. The van der Waals surface area contributed by atoms with E-state index in [0.29, 0.717) is 23.7 Å². The van der Waals surface area contributed by atoms with E-state index in [0.717, 1.165) is 5.57 Å². The third kappa shape index (κ3) is 0.549. The van der Waals surface area contributed by atoms with Crippen LogP contribution in [0.5, 0.6) is 0 Å². The van der Waals surface area contributed by atoms with E-state index in [9.17, 15) is 0 Å². The molecule has 3 aliphatic carbocycles. The van der Waals surface area contributed by atoms with Gasteiger partial charge >= 0.3 is 0 Å². The summed E-state index contributed by atoms with van der Waals surface area (Å²) in [5.41, 5.74) is 0.980. The lowest BCUT2D eigenvalue weighted by Crippen LogP contribution is -2.12. The van der Waals surface area contributed by atoms with Gasteiger partial charge in [-0.3, -0.25) is 0 Å². The van der Waals surface area contributed by atoms with E-state index in [2.05, 4.69) is 36.4 Å². The first-order valence-electron chi connectivity index (χ1n) is 4.38. The van der Waals surface area contributed by atoms with Crippen molar-refractivity contribution < 1.29 is 0 Å². The van der Waals surface area contributed by atoms with Crippen LogP contribution >= 0.6 is 0 Å². The van der Waals surface area contributed by atoms with Crippen molar-refractivity contribution in [3.05, 3.63) is 36.0 Å². The molecule has 0 heterocycles. The van der Waals surface area contributed by atoms with Crippen LogP contribution in [0.2, 0.25) is 0 Å². The second-order valence-electron chi connectivity index (χ2n) is 3.76. The highest BCUT2D eigenvalue weighted by Gasteiger charge is 2.44. The van der Waals surface area contributed by atoms with Gasteiger partial charge < -0.3 is 0 Å².